The molecule has 1 fully saturated rings. The number of oxime groups is 1. The van der Waals surface area contributed by atoms with Crippen LogP contribution < -0.4 is 10.6 Å². The SMILES string of the molecule is N/C(=N/O)c1ccnnc1N1CCS(=O)(=O)CC1. The Balaban J connectivity index is 2.30. The molecule has 8 nitrogen and oxygen atoms in total. The van der Waals surface area contributed by atoms with Crippen LogP contribution in [0.1, 0.15) is 5.56 Å². The first-order chi connectivity index (χ1) is 8.53. The highest BCUT2D eigenvalue weighted by Gasteiger charge is 2.25. The van der Waals surface area contributed by atoms with Crippen LogP contribution in [0.4, 0.5) is 5.82 Å². The highest BCUT2D eigenvalue weighted by molar-refractivity contribution is 7.91. The van der Waals surface area contributed by atoms with Crippen molar-refractivity contribution < 1.29 is 13.6 Å². The second kappa shape index (κ2) is 4.77. The Morgan fingerprint density at radius 2 is 2.11 bits per heavy atom. The number of nitrogens with two attached hydrogens (primary N) is 1. The maximum absolute atomic E-state index is 11.4. The van der Waals surface area contributed by atoms with Crippen LogP contribution in [0, 0.1) is 0 Å². The number of sulfone groups is 1. The van der Waals surface area contributed by atoms with E-state index in [1.54, 1.807) is 11.0 Å². The molecule has 0 aliphatic carbocycles. The van der Waals surface area contributed by atoms with Crippen molar-refractivity contribution in [1.82, 2.24) is 10.2 Å². The van der Waals surface area contributed by atoms with Crippen molar-refractivity contribution in [3.8, 4) is 0 Å². The normalized spacial score (nSPS) is 19.8. The molecule has 0 spiro atoms. The molecular weight excluding hydrogens is 258 g/mol. The molecule has 18 heavy (non-hydrogen) atoms. The molecule has 0 saturated carbocycles. The summed E-state index contributed by atoms with van der Waals surface area (Å²) in [6, 6.07) is 1.57. The molecule has 1 aliphatic rings. The number of hydrogen-bond donors (Lipinski definition) is 2. The lowest BCUT2D eigenvalue weighted by molar-refractivity contribution is 0.318. The zero-order valence-corrected chi connectivity index (χ0v) is 10.3. The van der Waals surface area contributed by atoms with Crippen LogP contribution in [0.3, 0.4) is 0 Å². The topological polar surface area (TPSA) is 122 Å². The zero-order chi connectivity index (χ0) is 13.2. The monoisotopic (exact) mass is 271 g/mol. The second-order valence-corrected chi connectivity index (χ2v) is 6.20. The fraction of sp³-hybridized carbons (Fsp3) is 0.444. The van der Waals surface area contributed by atoms with E-state index in [2.05, 4.69) is 15.4 Å². The Morgan fingerprint density at radius 1 is 1.44 bits per heavy atom. The molecule has 0 bridgehead atoms. The summed E-state index contributed by atoms with van der Waals surface area (Å²) in [5.41, 5.74) is 5.98. The molecule has 0 aromatic carbocycles. The molecule has 9 heteroatoms. The maximum Gasteiger partial charge on any atom is 0.173 e. The Kier molecular flexibility index (Phi) is 3.32. The highest BCUT2D eigenvalue weighted by Crippen LogP contribution is 2.18. The van der Waals surface area contributed by atoms with Gasteiger partial charge in [0.25, 0.3) is 0 Å². The third kappa shape index (κ3) is 2.50. The first kappa shape index (κ1) is 12.6. The quantitative estimate of drug-likeness (QED) is 0.300. The molecule has 0 atom stereocenters. The van der Waals surface area contributed by atoms with E-state index in [-0.39, 0.29) is 17.3 Å². The zero-order valence-electron chi connectivity index (χ0n) is 9.52. The average Bonchev–Trinajstić information content (AvgIpc) is 2.38. The lowest BCUT2D eigenvalue weighted by Gasteiger charge is -2.28. The van der Waals surface area contributed by atoms with Gasteiger partial charge in [0.2, 0.25) is 0 Å². The number of aromatic nitrogens is 2. The molecule has 1 aromatic rings. The number of nitrogens with zero attached hydrogens (tertiary/aromatic N) is 4. The summed E-state index contributed by atoms with van der Waals surface area (Å²) < 4.78 is 22.7. The van der Waals surface area contributed by atoms with Crippen LogP contribution in [0.2, 0.25) is 0 Å². The van der Waals surface area contributed by atoms with E-state index in [9.17, 15) is 8.42 Å². The van der Waals surface area contributed by atoms with E-state index in [1.807, 2.05) is 0 Å². The van der Waals surface area contributed by atoms with Gasteiger partial charge in [0.15, 0.2) is 21.5 Å². The van der Waals surface area contributed by atoms with Gasteiger partial charge in [0, 0.05) is 13.1 Å². The Morgan fingerprint density at radius 3 is 2.72 bits per heavy atom. The van der Waals surface area contributed by atoms with Crippen molar-refractivity contribution in [2.24, 2.45) is 10.9 Å². The highest BCUT2D eigenvalue weighted by atomic mass is 32.2. The molecule has 0 unspecified atom stereocenters. The Hall–Kier alpha value is -1.90. The molecule has 1 saturated heterocycles. The van der Waals surface area contributed by atoms with Gasteiger partial charge >= 0.3 is 0 Å². The van der Waals surface area contributed by atoms with E-state index in [0.717, 1.165) is 0 Å². The van der Waals surface area contributed by atoms with E-state index in [4.69, 9.17) is 10.9 Å². The van der Waals surface area contributed by atoms with Gasteiger partial charge in [0.1, 0.15) is 0 Å². The van der Waals surface area contributed by atoms with Gasteiger partial charge in [-0.25, -0.2) is 8.42 Å². The third-order valence-corrected chi connectivity index (χ3v) is 4.34. The van der Waals surface area contributed by atoms with Gasteiger partial charge in [-0.15, -0.1) is 5.10 Å². The standard InChI is InChI=1S/C9H13N5O3S/c10-8(13-15)7-1-2-11-12-9(7)14-3-5-18(16,17)6-4-14/h1-2,15H,3-6H2,(H2,10,13). The molecule has 3 N–H and O–H groups in total. The molecular formula is C9H13N5O3S. The average molecular weight is 271 g/mol. The third-order valence-electron chi connectivity index (χ3n) is 2.73. The largest absolute Gasteiger partial charge is 0.409 e. The van der Waals surface area contributed by atoms with E-state index in [1.165, 1.54) is 6.20 Å². The maximum atomic E-state index is 11.4. The molecule has 2 rings (SSSR count). The predicted molar refractivity (Wildman–Crippen MR) is 65.4 cm³/mol. The molecule has 0 amide bonds. The summed E-state index contributed by atoms with van der Waals surface area (Å²) >= 11 is 0. The number of anilines is 1. The van der Waals surface area contributed by atoms with Crippen molar-refractivity contribution in [2.45, 2.75) is 0 Å². The molecule has 2 heterocycles. The first-order valence-corrected chi connectivity index (χ1v) is 7.10. The van der Waals surface area contributed by atoms with Gasteiger partial charge in [0.05, 0.1) is 23.3 Å². The predicted octanol–water partition coefficient (Wildman–Crippen LogP) is -1.19. The minimum Gasteiger partial charge on any atom is -0.409 e. The van der Waals surface area contributed by atoms with Crippen LogP contribution >= 0.6 is 0 Å². The number of rotatable bonds is 2. The molecule has 1 aliphatic heterocycles. The summed E-state index contributed by atoms with van der Waals surface area (Å²) in [4.78, 5) is 1.77. The van der Waals surface area contributed by atoms with E-state index in [0.29, 0.717) is 24.5 Å². The van der Waals surface area contributed by atoms with Crippen molar-refractivity contribution in [2.75, 3.05) is 29.5 Å². The summed E-state index contributed by atoms with van der Waals surface area (Å²) in [5.74, 6) is 0.495. The lowest BCUT2D eigenvalue weighted by Crippen LogP contribution is -2.41. The fourth-order valence-electron chi connectivity index (χ4n) is 1.74. The second-order valence-electron chi connectivity index (χ2n) is 3.89. The van der Waals surface area contributed by atoms with Gasteiger partial charge in [-0.2, -0.15) is 5.10 Å². The van der Waals surface area contributed by atoms with Crippen molar-refractivity contribution in [1.29, 1.82) is 0 Å². The van der Waals surface area contributed by atoms with E-state index < -0.39 is 9.84 Å². The van der Waals surface area contributed by atoms with Gasteiger partial charge in [-0.1, -0.05) is 5.16 Å². The molecule has 98 valence electrons. The number of hydrogen-bond acceptors (Lipinski definition) is 7. The summed E-state index contributed by atoms with van der Waals surface area (Å²) in [5, 5.41) is 19.3. The van der Waals surface area contributed by atoms with Crippen LogP contribution in [0.25, 0.3) is 0 Å². The van der Waals surface area contributed by atoms with Crippen LogP contribution in [-0.4, -0.2) is 54.3 Å². The van der Waals surface area contributed by atoms with Crippen LogP contribution in [0.5, 0.6) is 0 Å². The van der Waals surface area contributed by atoms with Gasteiger partial charge in [-0.3, -0.25) is 0 Å². The van der Waals surface area contributed by atoms with Gasteiger partial charge < -0.3 is 15.8 Å². The van der Waals surface area contributed by atoms with E-state index >= 15 is 0 Å². The van der Waals surface area contributed by atoms with Crippen molar-refractivity contribution >= 4 is 21.5 Å². The minimum atomic E-state index is -2.96. The Labute approximate surface area is 104 Å². The molecule has 1 aromatic heterocycles. The van der Waals surface area contributed by atoms with Crippen LogP contribution in [-0.2, 0) is 9.84 Å². The fourth-order valence-corrected chi connectivity index (χ4v) is 2.94. The summed E-state index contributed by atoms with van der Waals surface area (Å²) in [6.45, 7) is 0.652. The van der Waals surface area contributed by atoms with Crippen molar-refractivity contribution in [3.05, 3.63) is 17.8 Å². The van der Waals surface area contributed by atoms with Crippen LogP contribution in [0.15, 0.2) is 17.4 Å². The summed E-state index contributed by atoms with van der Waals surface area (Å²) in [6.07, 6.45) is 1.43. The minimum absolute atomic E-state index is 0.0686. The number of amidine groups is 1. The lowest BCUT2D eigenvalue weighted by atomic mass is 10.2. The summed E-state index contributed by atoms with van der Waals surface area (Å²) in [7, 11) is -2.96. The molecule has 0 radical (unpaired) electrons. The first-order valence-electron chi connectivity index (χ1n) is 5.28. The Bertz CT molecular complexity index is 557. The van der Waals surface area contributed by atoms with Crippen molar-refractivity contribution in [3.63, 3.8) is 0 Å². The van der Waals surface area contributed by atoms with Gasteiger partial charge in [-0.05, 0) is 6.07 Å². The smallest absolute Gasteiger partial charge is 0.173 e.